The number of benzene rings is 1. The Morgan fingerprint density at radius 1 is 1.44 bits per heavy atom. The molecule has 5 nitrogen and oxygen atoms in total. The van der Waals surface area contributed by atoms with Crippen LogP contribution in [0.25, 0.3) is 0 Å². The van der Waals surface area contributed by atoms with E-state index in [1.165, 1.54) is 17.1 Å². The summed E-state index contributed by atoms with van der Waals surface area (Å²) in [4.78, 5) is 3.82. The van der Waals surface area contributed by atoms with Gasteiger partial charge in [0.05, 0.1) is 11.6 Å². The predicted octanol–water partition coefficient (Wildman–Crippen LogP) is 1.62. The molecule has 0 bridgehead atoms. The van der Waals surface area contributed by atoms with Gasteiger partial charge in [0.1, 0.15) is 17.9 Å². The Morgan fingerprint density at radius 3 is 2.88 bits per heavy atom. The fraction of sp³-hybridized carbons (Fsp3) is 0.100. The lowest BCUT2D eigenvalue weighted by molar-refractivity contribution is 0.435. The SMILES string of the molecule is Cn1cnc(Oc2cc(F)cc(C#N)c2)n1. The van der Waals surface area contributed by atoms with Crippen LogP contribution < -0.4 is 4.74 Å². The molecule has 0 spiro atoms. The van der Waals surface area contributed by atoms with Gasteiger partial charge in [-0.25, -0.2) is 4.39 Å². The number of aromatic nitrogens is 3. The Labute approximate surface area is 90.7 Å². The standard InChI is InChI=1S/C10H7FN4O/c1-15-6-13-10(14-15)16-9-3-7(5-12)2-8(11)4-9/h2-4,6H,1H3. The number of hydrogen-bond donors (Lipinski definition) is 0. The number of ether oxygens (including phenoxy) is 1. The molecule has 0 aliphatic heterocycles. The molecule has 0 N–H and O–H groups in total. The Balaban J connectivity index is 2.28. The first-order valence-electron chi connectivity index (χ1n) is 4.41. The summed E-state index contributed by atoms with van der Waals surface area (Å²) >= 11 is 0. The van der Waals surface area contributed by atoms with Crippen LogP contribution in [0.1, 0.15) is 5.56 Å². The van der Waals surface area contributed by atoms with E-state index >= 15 is 0 Å². The molecule has 0 atom stereocenters. The van der Waals surface area contributed by atoms with Crippen molar-refractivity contribution in [3.63, 3.8) is 0 Å². The van der Waals surface area contributed by atoms with Crippen molar-refractivity contribution >= 4 is 0 Å². The van der Waals surface area contributed by atoms with Gasteiger partial charge in [-0.15, -0.1) is 5.10 Å². The van der Waals surface area contributed by atoms with E-state index in [1.54, 1.807) is 7.05 Å². The summed E-state index contributed by atoms with van der Waals surface area (Å²) in [6, 6.07) is 5.65. The van der Waals surface area contributed by atoms with E-state index in [0.717, 1.165) is 12.1 Å². The Hall–Kier alpha value is -2.42. The topological polar surface area (TPSA) is 63.7 Å². The molecule has 2 rings (SSSR count). The van der Waals surface area contributed by atoms with Crippen LogP contribution in [0.3, 0.4) is 0 Å². The summed E-state index contributed by atoms with van der Waals surface area (Å²) in [5.74, 6) is -0.340. The highest BCUT2D eigenvalue weighted by Crippen LogP contribution is 2.20. The average Bonchev–Trinajstić information content (AvgIpc) is 2.63. The highest BCUT2D eigenvalue weighted by atomic mass is 19.1. The molecule has 0 saturated carbocycles. The lowest BCUT2D eigenvalue weighted by atomic mass is 10.2. The lowest BCUT2D eigenvalue weighted by Gasteiger charge is -2.01. The van der Waals surface area contributed by atoms with Gasteiger partial charge in [0.2, 0.25) is 0 Å². The molecule has 0 fully saturated rings. The van der Waals surface area contributed by atoms with Gasteiger partial charge in [-0.1, -0.05) is 0 Å². The summed E-state index contributed by atoms with van der Waals surface area (Å²) in [5.41, 5.74) is 0.186. The van der Waals surface area contributed by atoms with Crippen molar-refractivity contribution in [1.29, 1.82) is 5.26 Å². The largest absolute Gasteiger partial charge is 0.423 e. The van der Waals surface area contributed by atoms with Gasteiger partial charge in [0.25, 0.3) is 0 Å². The van der Waals surface area contributed by atoms with E-state index in [0.29, 0.717) is 0 Å². The number of hydrogen-bond acceptors (Lipinski definition) is 4. The molecule has 1 heterocycles. The van der Waals surface area contributed by atoms with Gasteiger partial charge in [0, 0.05) is 13.1 Å². The number of aryl methyl sites for hydroxylation is 1. The van der Waals surface area contributed by atoms with Crippen LogP contribution in [0.15, 0.2) is 24.5 Å². The first kappa shape index (κ1) is 10.1. The monoisotopic (exact) mass is 218 g/mol. The van der Waals surface area contributed by atoms with Crippen LogP contribution in [0, 0.1) is 17.1 Å². The maximum atomic E-state index is 13.0. The summed E-state index contributed by atoms with van der Waals surface area (Å²) in [7, 11) is 1.69. The minimum absolute atomic E-state index is 0.108. The van der Waals surface area contributed by atoms with Gasteiger partial charge in [-0.3, -0.25) is 4.68 Å². The number of nitriles is 1. The molecule has 80 valence electrons. The van der Waals surface area contributed by atoms with E-state index in [1.807, 2.05) is 6.07 Å². The minimum Gasteiger partial charge on any atom is -0.423 e. The van der Waals surface area contributed by atoms with Crippen molar-refractivity contribution in [3.8, 4) is 17.8 Å². The first-order chi connectivity index (χ1) is 7.67. The van der Waals surface area contributed by atoms with Crippen molar-refractivity contribution in [2.75, 3.05) is 0 Å². The molecule has 16 heavy (non-hydrogen) atoms. The second-order valence-electron chi connectivity index (χ2n) is 3.09. The molecular weight excluding hydrogens is 211 g/mol. The van der Waals surface area contributed by atoms with E-state index < -0.39 is 5.82 Å². The van der Waals surface area contributed by atoms with Crippen LogP contribution in [0.4, 0.5) is 4.39 Å². The molecule has 0 unspecified atom stereocenters. The normalized spacial score (nSPS) is 9.81. The molecule has 6 heteroatoms. The van der Waals surface area contributed by atoms with E-state index in [-0.39, 0.29) is 17.3 Å². The maximum Gasteiger partial charge on any atom is 0.340 e. The third-order valence-corrected chi connectivity index (χ3v) is 1.79. The Kier molecular flexibility index (Phi) is 2.52. The van der Waals surface area contributed by atoms with Crippen LogP contribution in [-0.4, -0.2) is 14.8 Å². The molecule has 0 aliphatic carbocycles. The zero-order valence-electron chi connectivity index (χ0n) is 8.38. The third kappa shape index (κ3) is 2.15. The molecule has 0 aliphatic rings. The first-order valence-corrected chi connectivity index (χ1v) is 4.41. The van der Waals surface area contributed by atoms with Gasteiger partial charge < -0.3 is 4.74 Å². The zero-order chi connectivity index (χ0) is 11.5. The van der Waals surface area contributed by atoms with Crippen molar-refractivity contribution in [2.24, 2.45) is 7.05 Å². The second kappa shape index (κ2) is 3.98. The summed E-state index contributed by atoms with van der Waals surface area (Å²) < 4.78 is 19.7. The van der Waals surface area contributed by atoms with E-state index in [2.05, 4.69) is 10.1 Å². The smallest absolute Gasteiger partial charge is 0.340 e. The van der Waals surface area contributed by atoms with Gasteiger partial charge in [-0.05, 0) is 12.1 Å². The fourth-order valence-electron chi connectivity index (χ4n) is 1.16. The van der Waals surface area contributed by atoms with Gasteiger partial charge in [0.15, 0.2) is 0 Å². The van der Waals surface area contributed by atoms with Crippen LogP contribution in [0.2, 0.25) is 0 Å². The van der Waals surface area contributed by atoms with Crippen molar-refractivity contribution in [3.05, 3.63) is 35.9 Å². The quantitative estimate of drug-likeness (QED) is 0.768. The highest BCUT2D eigenvalue weighted by Gasteiger charge is 2.05. The number of rotatable bonds is 2. The van der Waals surface area contributed by atoms with Gasteiger partial charge >= 0.3 is 6.01 Å². The lowest BCUT2D eigenvalue weighted by Crippen LogP contribution is -1.91. The molecule has 0 radical (unpaired) electrons. The van der Waals surface area contributed by atoms with Gasteiger partial charge in [-0.2, -0.15) is 10.2 Å². The predicted molar refractivity (Wildman–Crippen MR) is 52.2 cm³/mol. The summed E-state index contributed by atoms with van der Waals surface area (Å²) in [6.07, 6.45) is 1.46. The molecule has 1 aromatic heterocycles. The Morgan fingerprint density at radius 2 is 2.25 bits per heavy atom. The van der Waals surface area contributed by atoms with Crippen molar-refractivity contribution < 1.29 is 9.13 Å². The zero-order valence-corrected chi connectivity index (χ0v) is 8.38. The van der Waals surface area contributed by atoms with Crippen molar-refractivity contribution in [2.45, 2.75) is 0 Å². The van der Waals surface area contributed by atoms with Crippen LogP contribution in [-0.2, 0) is 7.05 Å². The molecule has 2 aromatic rings. The third-order valence-electron chi connectivity index (χ3n) is 1.79. The van der Waals surface area contributed by atoms with Crippen LogP contribution in [0.5, 0.6) is 11.8 Å². The molecule has 0 saturated heterocycles. The number of halogens is 1. The summed E-state index contributed by atoms with van der Waals surface area (Å²) in [5, 5.41) is 12.5. The maximum absolute atomic E-state index is 13.0. The average molecular weight is 218 g/mol. The number of nitrogens with zero attached hydrogens (tertiary/aromatic N) is 4. The van der Waals surface area contributed by atoms with Crippen molar-refractivity contribution in [1.82, 2.24) is 14.8 Å². The fourth-order valence-corrected chi connectivity index (χ4v) is 1.16. The Bertz CT molecular complexity index is 558. The van der Waals surface area contributed by atoms with E-state index in [4.69, 9.17) is 10.00 Å². The summed E-state index contributed by atoms with van der Waals surface area (Å²) in [6.45, 7) is 0. The highest BCUT2D eigenvalue weighted by molar-refractivity contribution is 5.37. The van der Waals surface area contributed by atoms with Crippen LogP contribution >= 0.6 is 0 Å². The molecule has 1 aromatic carbocycles. The molecular formula is C10H7FN4O. The second-order valence-corrected chi connectivity index (χ2v) is 3.09. The van der Waals surface area contributed by atoms with E-state index in [9.17, 15) is 4.39 Å². The minimum atomic E-state index is -0.537. The molecule has 0 amide bonds.